The van der Waals surface area contributed by atoms with Gasteiger partial charge in [0.15, 0.2) is 0 Å². The maximum Gasteiger partial charge on any atom is 0.460 e. The van der Waals surface area contributed by atoms with E-state index in [0.29, 0.717) is 6.20 Å². The van der Waals surface area contributed by atoms with Crippen molar-refractivity contribution in [2.75, 3.05) is 0 Å². The first-order valence-corrected chi connectivity index (χ1v) is 7.18. The van der Waals surface area contributed by atoms with E-state index in [9.17, 15) is 65.9 Å². The molecule has 0 amide bonds. The quantitative estimate of drug-likeness (QED) is 0.427. The van der Waals surface area contributed by atoms with Gasteiger partial charge in [0, 0.05) is 6.20 Å². The number of halogens is 15. The zero-order valence-corrected chi connectivity index (χ0v) is 14.3. The zero-order chi connectivity index (χ0) is 24.4. The Balaban J connectivity index is 3.67. The van der Waals surface area contributed by atoms with Gasteiger partial charge in [0.2, 0.25) is 0 Å². The van der Waals surface area contributed by atoms with Crippen LogP contribution >= 0.6 is 0 Å². The van der Waals surface area contributed by atoms with Crippen molar-refractivity contribution in [1.82, 2.24) is 4.98 Å². The Labute approximate surface area is 156 Å². The smallest absolute Gasteiger partial charge is 0.254 e. The highest BCUT2D eigenvalue weighted by molar-refractivity contribution is 5.28. The molecule has 0 saturated heterocycles. The van der Waals surface area contributed by atoms with Gasteiger partial charge >= 0.3 is 41.7 Å². The van der Waals surface area contributed by atoms with Gasteiger partial charge in [-0.2, -0.15) is 65.9 Å². The first-order valence-electron chi connectivity index (χ1n) is 7.18. The lowest BCUT2D eigenvalue weighted by atomic mass is 9.89. The molecule has 0 bridgehead atoms. The molecule has 0 N–H and O–H groups in total. The molecular weight excluding hydrogens is 467 g/mol. The summed E-state index contributed by atoms with van der Waals surface area (Å²) in [6.07, 6.45) is -7.24. The Morgan fingerprint density at radius 2 is 0.900 bits per heavy atom. The molecule has 1 rings (SSSR count). The number of aromatic nitrogens is 1. The number of rotatable bonds is 6. The number of alkyl halides is 15. The van der Waals surface area contributed by atoms with Crippen LogP contribution in [0.3, 0.4) is 0 Å². The number of hydrogen-bond donors (Lipinski definition) is 0. The van der Waals surface area contributed by atoms with Gasteiger partial charge < -0.3 is 0 Å². The van der Waals surface area contributed by atoms with Crippen LogP contribution in [0.5, 0.6) is 0 Å². The van der Waals surface area contributed by atoms with Crippen molar-refractivity contribution < 1.29 is 65.9 Å². The molecule has 0 aliphatic heterocycles. The fraction of sp³-hybridized carbons (Fsp3) is 0.643. The van der Waals surface area contributed by atoms with Crippen LogP contribution in [-0.4, -0.2) is 40.8 Å². The number of hydrogen-bond acceptors (Lipinski definition) is 1. The summed E-state index contributed by atoms with van der Waals surface area (Å²) >= 11 is 0. The second-order valence-corrected chi connectivity index (χ2v) is 6.10. The minimum Gasteiger partial charge on any atom is -0.254 e. The van der Waals surface area contributed by atoms with Crippen LogP contribution in [0.2, 0.25) is 0 Å². The molecule has 30 heavy (non-hydrogen) atoms. The molecule has 0 atom stereocenters. The van der Waals surface area contributed by atoms with Gasteiger partial charge in [0.1, 0.15) is 5.69 Å². The second kappa shape index (κ2) is 6.80. The molecule has 1 aromatic rings. The molecule has 174 valence electrons. The van der Waals surface area contributed by atoms with E-state index in [4.69, 9.17) is 0 Å². The predicted molar refractivity (Wildman–Crippen MR) is 68.4 cm³/mol. The van der Waals surface area contributed by atoms with E-state index < -0.39 is 47.4 Å². The molecule has 0 unspecified atom stereocenters. The highest BCUT2D eigenvalue weighted by Crippen LogP contribution is 2.63. The molecule has 0 saturated carbocycles. The molecule has 0 aromatic carbocycles. The molecule has 1 nitrogen and oxygen atoms in total. The van der Waals surface area contributed by atoms with Gasteiger partial charge in [-0.05, 0) is 31.0 Å². The van der Waals surface area contributed by atoms with E-state index >= 15 is 0 Å². The van der Waals surface area contributed by atoms with Gasteiger partial charge in [-0.25, -0.2) is 0 Å². The normalized spacial score (nSPS) is 15.5. The summed E-state index contributed by atoms with van der Waals surface area (Å²) in [5, 5.41) is 0. The minimum absolute atomic E-state index is 0.00584. The topological polar surface area (TPSA) is 12.9 Å². The number of pyridine rings is 1. The third-order valence-electron chi connectivity index (χ3n) is 4.02. The van der Waals surface area contributed by atoms with Gasteiger partial charge in [0.25, 0.3) is 0 Å². The van der Waals surface area contributed by atoms with Crippen molar-refractivity contribution in [2.24, 2.45) is 0 Å². The summed E-state index contributed by atoms with van der Waals surface area (Å²) in [4.78, 5) is 2.60. The highest BCUT2D eigenvalue weighted by atomic mass is 19.4. The second-order valence-electron chi connectivity index (χ2n) is 6.10. The van der Waals surface area contributed by atoms with Gasteiger partial charge in [0.05, 0.1) is 0 Å². The predicted octanol–water partition coefficient (Wildman–Crippen LogP) is 6.53. The van der Waals surface area contributed by atoms with Crippen molar-refractivity contribution in [1.29, 1.82) is 0 Å². The van der Waals surface area contributed by atoms with E-state index in [1.807, 2.05) is 0 Å². The summed E-state index contributed by atoms with van der Waals surface area (Å²) in [5.41, 5.74) is -2.68. The third-order valence-corrected chi connectivity index (χ3v) is 4.02. The Bertz CT molecular complexity index is 793. The van der Waals surface area contributed by atoms with Crippen LogP contribution in [0.1, 0.15) is 16.8 Å². The largest absolute Gasteiger partial charge is 0.460 e. The highest BCUT2D eigenvalue weighted by Gasteiger charge is 2.93. The van der Waals surface area contributed by atoms with Crippen LogP contribution in [0.25, 0.3) is 0 Å². The van der Waals surface area contributed by atoms with Crippen molar-refractivity contribution >= 4 is 0 Å². The fourth-order valence-corrected chi connectivity index (χ4v) is 1.92. The molecule has 0 spiro atoms. The summed E-state index contributed by atoms with van der Waals surface area (Å²) in [7, 11) is 0. The maximum absolute atomic E-state index is 13.9. The van der Waals surface area contributed by atoms with Gasteiger partial charge in [-0.3, -0.25) is 4.98 Å². The molecule has 0 fully saturated rings. The lowest BCUT2D eigenvalue weighted by Crippen LogP contribution is -2.72. The summed E-state index contributed by atoms with van der Waals surface area (Å²) < 4.78 is 197. The lowest BCUT2D eigenvalue weighted by Gasteiger charge is -2.41. The third kappa shape index (κ3) is 3.25. The van der Waals surface area contributed by atoms with E-state index in [1.165, 1.54) is 0 Å². The molecule has 0 aliphatic carbocycles. The van der Waals surface area contributed by atoms with Crippen molar-refractivity contribution in [3.8, 4) is 0 Å². The van der Waals surface area contributed by atoms with Crippen LogP contribution in [0, 0.1) is 13.8 Å². The van der Waals surface area contributed by atoms with Gasteiger partial charge in [-0.1, -0.05) is 0 Å². The standard InChI is InChI=1S/C14H8F15N/c1-5-3-7(30-4-6(5)2)8(15,16)9(17,18)10(19,20)11(21,22)12(23,24)13(25,26)14(27,28)29/h3-4H,1-2H3. The van der Waals surface area contributed by atoms with E-state index in [-0.39, 0.29) is 17.2 Å². The SMILES string of the molecule is Cc1cnc(C(F)(F)C(F)(F)C(F)(F)C(F)(F)C(F)(F)C(F)(F)C(F)(F)F)cc1C. The average molecular weight is 475 g/mol. The summed E-state index contributed by atoms with van der Waals surface area (Å²) in [6, 6.07) is -0.0140. The molecule has 0 aliphatic rings. The Morgan fingerprint density at radius 3 is 1.27 bits per heavy atom. The van der Waals surface area contributed by atoms with E-state index in [2.05, 4.69) is 4.98 Å². The number of aryl methyl sites for hydroxylation is 2. The fourth-order valence-electron chi connectivity index (χ4n) is 1.92. The summed E-state index contributed by atoms with van der Waals surface area (Å²) in [5.74, 6) is -46.7. The van der Waals surface area contributed by atoms with Crippen LogP contribution in [0.4, 0.5) is 65.9 Å². The molecule has 16 heteroatoms. The van der Waals surface area contributed by atoms with E-state index in [1.54, 1.807) is 0 Å². The van der Waals surface area contributed by atoms with Crippen LogP contribution in [0.15, 0.2) is 12.3 Å². The Morgan fingerprint density at radius 1 is 0.533 bits per heavy atom. The summed E-state index contributed by atoms with van der Waals surface area (Å²) in [6.45, 7) is 2.10. The molecular formula is C14H8F15N. The molecule has 1 heterocycles. The number of nitrogens with zero attached hydrogens (tertiary/aromatic N) is 1. The van der Waals surface area contributed by atoms with Crippen LogP contribution in [-0.2, 0) is 5.92 Å². The minimum atomic E-state index is -8.30. The zero-order valence-electron chi connectivity index (χ0n) is 14.3. The lowest BCUT2D eigenvalue weighted by molar-refractivity contribution is -0.454. The van der Waals surface area contributed by atoms with Crippen molar-refractivity contribution in [3.63, 3.8) is 0 Å². The van der Waals surface area contributed by atoms with Gasteiger partial charge in [-0.15, -0.1) is 0 Å². The first kappa shape index (κ1) is 26.1. The first-order chi connectivity index (χ1) is 12.9. The Hall–Kier alpha value is -1.90. The van der Waals surface area contributed by atoms with E-state index in [0.717, 1.165) is 13.8 Å². The van der Waals surface area contributed by atoms with Crippen molar-refractivity contribution in [2.45, 2.75) is 55.6 Å². The van der Waals surface area contributed by atoms with Crippen molar-refractivity contribution in [3.05, 3.63) is 29.1 Å². The van der Waals surface area contributed by atoms with Crippen LogP contribution < -0.4 is 0 Å². The monoisotopic (exact) mass is 475 g/mol. The Kier molecular flexibility index (Phi) is 5.92. The maximum atomic E-state index is 13.9. The molecule has 1 aromatic heterocycles. The molecule has 0 radical (unpaired) electrons. The average Bonchev–Trinajstić information content (AvgIpc) is 2.55.